The van der Waals surface area contributed by atoms with Gasteiger partial charge >= 0.3 is 0 Å². The lowest BCUT2D eigenvalue weighted by Gasteiger charge is -2.41. The molecule has 2 atom stereocenters. The van der Waals surface area contributed by atoms with Crippen LogP contribution in [0.4, 0.5) is 0 Å². The Morgan fingerprint density at radius 2 is 2.38 bits per heavy atom. The van der Waals surface area contributed by atoms with Gasteiger partial charge in [0.05, 0.1) is 12.1 Å². The Hall–Kier alpha value is -1.46. The van der Waals surface area contributed by atoms with Crippen molar-refractivity contribution in [3.05, 3.63) is 30.1 Å². The second-order valence-corrected chi connectivity index (χ2v) is 6.38. The fourth-order valence-electron chi connectivity index (χ4n) is 2.64. The lowest BCUT2D eigenvalue weighted by Crippen LogP contribution is -2.52. The zero-order chi connectivity index (χ0) is 15.5. The van der Waals surface area contributed by atoms with Gasteiger partial charge < -0.3 is 10.0 Å². The minimum Gasteiger partial charge on any atom is -0.390 e. The highest BCUT2D eigenvalue weighted by molar-refractivity contribution is 5.78. The fourth-order valence-corrected chi connectivity index (χ4v) is 2.64. The van der Waals surface area contributed by atoms with Gasteiger partial charge in [0.1, 0.15) is 0 Å². The molecule has 1 aromatic heterocycles. The normalized spacial score (nSPS) is 26.1. The van der Waals surface area contributed by atoms with Crippen LogP contribution in [0.2, 0.25) is 0 Å². The molecule has 1 aliphatic heterocycles. The van der Waals surface area contributed by atoms with Crippen LogP contribution < -0.4 is 0 Å². The maximum atomic E-state index is 12.3. The topological polar surface area (TPSA) is 56.7 Å². The van der Waals surface area contributed by atoms with E-state index in [9.17, 15) is 9.90 Å². The molecule has 0 aromatic carbocycles. The Balaban J connectivity index is 1.84. The van der Waals surface area contributed by atoms with E-state index in [-0.39, 0.29) is 11.8 Å². The highest BCUT2D eigenvalue weighted by Crippen LogP contribution is 2.27. The van der Waals surface area contributed by atoms with E-state index in [4.69, 9.17) is 0 Å². The Morgan fingerprint density at radius 1 is 1.62 bits per heavy atom. The molecule has 0 bridgehead atoms. The largest absolute Gasteiger partial charge is 0.390 e. The number of hydrogen-bond acceptors (Lipinski definition) is 4. The van der Waals surface area contributed by atoms with Gasteiger partial charge in [-0.3, -0.25) is 14.7 Å². The number of piperidine rings is 1. The molecular weight excluding hydrogens is 266 g/mol. The maximum absolute atomic E-state index is 12.3. The van der Waals surface area contributed by atoms with Crippen LogP contribution in [0.1, 0.15) is 25.8 Å². The van der Waals surface area contributed by atoms with E-state index < -0.39 is 5.60 Å². The first-order chi connectivity index (χ1) is 9.88. The third-order valence-electron chi connectivity index (χ3n) is 4.38. The highest BCUT2D eigenvalue weighted by Gasteiger charge is 2.36. The molecule has 116 valence electrons. The number of aliphatic hydroxyl groups is 1. The van der Waals surface area contributed by atoms with Crippen molar-refractivity contribution in [2.75, 3.05) is 26.7 Å². The van der Waals surface area contributed by atoms with Gasteiger partial charge in [0.15, 0.2) is 0 Å². The standard InChI is InChI=1S/C16H25N3O2/c1-13-10-19(8-6-16(13,2)21)15(20)12-18(3)11-14-5-4-7-17-9-14/h4-5,7,9,13,21H,6,8,10-12H2,1-3H3/t13-,16+/m1/s1. The molecule has 1 fully saturated rings. The summed E-state index contributed by atoms with van der Waals surface area (Å²) in [5.74, 6) is 0.238. The quantitative estimate of drug-likeness (QED) is 0.903. The molecule has 2 heterocycles. The molecule has 21 heavy (non-hydrogen) atoms. The van der Waals surface area contributed by atoms with E-state index in [2.05, 4.69) is 4.98 Å². The smallest absolute Gasteiger partial charge is 0.236 e. The molecule has 0 aliphatic carbocycles. The SMILES string of the molecule is C[C@@H]1CN(C(=O)CN(C)Cc2cccnc2)CC[C@]1(C)O. The second-order valence-electron chi connectivity index (χ2n) is 6.38. The molecule has 0 saturated carbocycles. The van der Waals surface area contributed by atoms with Crippen molar-refractivity contribution in [3.63, 3.8) is 0 Å². The first-order valence-electron chi connectivity index (χ1n) is 7.46. The summed E-state index contributed by atoms with van der Waals surface area (Å²) < 4.78 is 0. The summed E-state index contributed by atoms with van der Waals surface area (Å²) in [4.78, 5) is 20.3. The molecule has 0 unspecified atom stereocenters. The zero-order valence-corrected chi connectivity index (χ0v) is 13.1. The van der Waals surface area contributed by atoms with Gasteiger partial charge in [0, 0.05) is 37.9 Å². The highest BCUT2D eigenvalue weighted by atomic mass is 16.3. The molecule has 0 spiro atoms. The number of nitrogens with zero attached hydrogens (tertiary/aromatic N) is 3. The predicted octanol–water partition coefficient (Wildman–Crippen LogP) is 1.13. The van der Waals surface area contributed by atoms with Gasteiger partial charge in [0.2, 0.25) is 5.91 Å². The number of carbonyl (C=O) groups excluding carboxylic acids is 1. The minimum absolute atomic E-state index is 0.110. The third-order valence-corrected chi connectivity index (χ3v) is 4.38. The summed E-state index contributed by atoms with van der Waals surface area (Å²) in [5, 5.41) is 10.2. The monoisotopic (exact) mass is 291 g/mol. The molecule has 1 saturated heterocycles. The number of likely N-dealkylation sites (tertiary alicyclic amines) is 1. The summed E-state index contributed by atoms with van der Waals surface area (Å²) in [7, 11) is 1.94. The fraction of sp³-hybridized carbons (Fsp3) is 0.625. The molecular formula is C16H25N3O2. The van der Waals surface area contributed by atoms with Gasteiger partial charge in [-0.25, -0.2) is 0 Å². The maximum Gasteiger partial charge on any atom is 0.236 e. The van der Waals surface area contributed by atoms with Crippen molar-refractivity contribution in [2.24, 2.45) is 5.92 Å². The number of likely N-dealkylation sites (N-methyl/N-ethyl adjacent to an activating group) is 1. The zero-order valence-electron chi connectivity index (χ0n) is 13.1. The Kier molecular flexibility index (Phi) is 4.96. The lowest BCUT2D eigenvalue weighted by atomic mass is 9.84. The summed E-state index contributed by atoms with van der Waals surface area (Å²) in [6.07, 6.45) is 4.21. The van der Waals surface area contributed by atoms with Gasteiger partial charge in [0.25, 0.3) is 0 Å². The number of pyridine rings is 1. The van der Waals surface area contributed by atoms with Crippen LogP contribution in [0.25, 0.3) is 0 Å². The van der Waals surface area contributed by atoms with Crippen LogP contribution in [0, 0.1) is 5.92 Å². The Morgan fingerprint density at radius 3 is 3.00 bits per heavy atom. The third kappa shape index (κ3) is 4.25. The van der Waals surface area contributed by atoms with Crippen molar-refractivity contribution in [1.29, 1.82) is 0 Å². The summed E-state index contributed by atoms with van der Waals surface area (Å²) in [6, 6.07) is 3.91. The Bertz CT molecular complexity index is 476. The number of amides is 1. The predicted molar refractivity (Wildman–Crippen MR) is 81.6 cm³/mol. The van der Waals surface area contributed by atoms with Crippen molar-refractivity contribution in [3.8, 4) is 0 Å². The summed E-state index contributed by atoms with van der Waals surface area (Å²) in [5.41, 5.74) is 0.445. The number of hydrogen-bond donors (Lipinski definition) is 1. The van der Waals surface area contributed by atoms with E-state index >= 15 is 0 Å². The van der Waals surface area contributed by atoms with E-state index in [0.29, 0.717) is 32.6 Å². The van der Waals surface area contributed by atoms with Gasteiger partial charge in [-0.2, -0.15) is 0 Å². The first-order valence-corrected chi connectivity index (χ1v) is 7.46. The van der Waals surface area contributed by atoms with Crippen molar-refractivity contribution in [1.82, 2.24) is 14.8 Å². The average Bonchev–Trinajstić information content (AvgIpc) is 2.42. The van der Waals surface area contributed by atoms with E-state index in [1.807, 2.05) is 49.0 Å². The molecule has 1 aliphatic rings. The molecule has 2 rings (SSSR count). The van der Waals surface area contributed by atoms with Crippen LogP contribution >= 0.6 is 0 Å². The van der Waals surface area contributed by atoms with Crippen LogP contribution in [0.5, 0.6) is 0 Å². The minimum atomic E-state index is -0.654. The molecule has 5 nitrogen and oxygen atoms in total. The van der Waals surface area contributed by atoms with Gasteiger partial charge in [-0.1, -0.05) is 13.0 Å². The van der Waals surface area contributed by atoms with Gasteiger partial charge in [-0.15, -0.1) is 0 Å². The second kappa shape index (κ2) is 6.54. The molecule has 5 heteroatoms. The lowest BCUT2D eigenvalue weighted by molar-refractivity contribution is -0.139. The van der Waals surface area contributed by atoms with E-state index in [1.54, 1.807) is 6.20 Å². The molecule has 1 N–H and O–H groups in total. The van der Waals surface area contributed by atoms with E-state index in [1.165, 1.54) is 0 Å². The number of carbonyl (C=O) groups is 1. The van der Waals surface area contributed by atoms with Crippen molar-refractivity contribution < 1.29 is 9.90 Å². The number of rotatable bonds is 4. The summed E-state index contributed by atoms with van der Waals surface area (Å²) >= 11 is 0. The Labute approximate surface area is 126 Å². The van der Waals surface area contributed by atoms with Gasteiger partial charge in [-0.05, 0) is 32.0 Å². The van der Waals surface area contributed by atoms with Crippen molar-refractivity contribution >= 4 is 5.91 Å². The number of aromatic nitrogens is 1. The van der Waals surface area contributed by atoms with Crippen LogP contribution in [-0.2, 0) is 11.3 Å². The summed E-state index contributed by atoms with van der Waals surface area (Å²) in [6.45, 7) is 6.22. The van der Waals surface area contributed by atoms with Crippen molar-refractivity contribution in [2.45, 2.75) is 32.4 Å². The van der Waals surface area contributed by atoms with Crippen LogP contribution in [0.3, 0.4) is 0 Å². The first kappa shape index (κ1) is 15.9. The average molecular weight is 291 g/mol. The molecule has 1 amide bonds. The van der Waals surface area contributed by atoms with Crippen LogP contribution in [-0.4, -0.2) is 58.1 Å². The molecule has 1 aromatic rings. The van der Waals surface area contributed by atoms with E-state index in [0.717, 1.165) is 5.56 Å². The molecule has 0 radical (unpaired) electrons. The van der Waals surface area contributed by atoms with Crippen LogP contribution in [0.15, 0.2) is 24.5 Å².